The Morgan fingerprint density at radius 3 is 2.60 bits per heavy atom. The summed E-state index contributed by atoms with van der Waals surface area (Å²) in [4.78, 5) is 18.4. The van der Waals surface area contributed by atoms with E-state index < -0.39 is 0 Å². The maximum atomic E-state index is 12.8. The van der Waals surface area contributed by atoms with Gasteiger partial charge in [-0.3, -0.25) is 4.79 Å². The van der Waals surface area contributed by atoms with Crippen molar-refractivity contribution in [1.82, 2.24) is 15.2 Å². The molecular formula is C23H35Cl2N3O2. The van der Waals surface area contributed by atoms with E-state index in [-0.39, 0.29) is 24.4 Å². The number of nitrogens with zero attached hydrogens (tertiary/aromatic N) is 1. The monoisotopic (exact) mass is 455 g/mol. The Kier molecular flexibility index (Phi) is 9.48. The van der Waals surface area contributed by atoms with Crippen LogP contribution in [0.2, 0.25) is 5.02 Å². The van der Waals surface area contributed by atoms with E-state index in [0.717, 1.165) is 30.6 Å². The summed E-state index contributed by atoms with van der Waals surface area (Å²) in [5.74, 6) is 0.837. The number of likely N-dealkylation sites (tertiary alicyclic amines) is 1. The lowest BCUT2D eigenvalue weighted by molar-refractivity contribution is 0.0414. The average Bonchev–Trinajstić information content (AvgIpc) is 3.07. The topological polar surface area (TPSA) is 57.4 Å². The number of ether oxygens (including phenoxy) is 1. The first-order valence-corrected chi connectivity index (χ1v) is 11.1. The highest BCUT2D eigenvalue weighted by Crippen LogP contribution is 2.24. The van der Waals surface area contributed by atoms with Gasteiger partial charge in [0.1, 0.15) is 0 Å². The molecule has 2 aromatic rings. The Bertz CT molecular complexity index is 814. The van der Waals surface area contributed by atoms with Gasteiger partial charge >= 0.3 is 0 Å². The molecule has 0 radical (unpaired) electrons. The number of amides is 1. The zero-order valence-electron chi connectivity index (χ0n) is 18.4. The number of hydrogen-bond donors (Lipinski definition) is 2. The van der Waals surface area contributed by atoms with Crippen molar-refractivity contribution in [3.63, 3.8) is 0 Å². The lowest BCUT2D eigenvalue weighted by Gasteiger charge is -2.34. The Hall–Kier alpha value is -1.27. The van der Waals surface area contributed by atoms with Gasteiger partial charge in [0.05, 0.1) is 17.7 Å². The first-order valence-electron chi connectivity index (χ1n) is 10.7. The molecule has 0 unspecified atom stereocenters. The molecule has 168 valence electrons. The van der Waals surface area contributed by atoms with Crippen molar-refractivity contribution in [1.29, 1.82) is 0 Å². The summed E-state index contributed by atoms with van der Waals surface area (Å²) in [5, 5.41) is 4.74. The van der Waals surface area contributed by atoms with Crippen molar-refractivity contribution in [2.75, 3.05) is 26.3 Å². The molecule has 1 atom stereocenters. The number of aromatic amines is 1. The van der Waals surface area contributed by atoms with Crippen LogP contribution in [0.4, 0.5) is 0 Å². The number of hydrogen-bond acceptors (Lipinski definition) is 3. The lowest BCUT2D eigenvalue weighted by Crippen LogP contribution is -2.43. The van der Waals surface area contributed by atoms with Crippen LogP contribution in [0.3, 0.4) is 0 Å². The fourth-order valence-corrected chi connectivity index (χ4v) is 4.10. The average molecular weight is 456 g/mol. The third-order valence-corrected chi connectivity index (χ3v) is 6.36. The van der Waals surface area contributed by atoms with Crippen molar-refractivity contribution in [3.05, 3.63) is 35.0 Å². The zero-order valence-corrected chi connectivity index (χ0v) is 20.0. The van der Waals surface area contributed by atoms with E-state index >= 15 is 0 Å². The Labute approximate surface area is 191 Å². The van der Waals surface area contributed by atoms with Crippen LogP contribution >= 0.6 is 24.0 Å². The maximum absolute atomic E-state index is 12.8. The minimum atomic E-state index is -0.0786. The van der Waals surface area contributed by atoms with Crippen LogP contribution in [0.5, 0.6) is 0 Å². The van der Waals surface area contributed by atoms with E-state index in [1.54, 1.807) is 6.20 Å². The predicted octanol–water partition coefficient (Wildman–Crippen LogP) is 5.13. The predicted molar refractivity (Wildman–Crippen MR) is 127 cm³/mol. The standard InChI is InChI=1S/C23H34ClN3O2.ClH/c1-15(2)22(14-29-13-17-7-9-27(10-8-17)16(3)4)26-23(28)18-5-6-19-20(24)12-25-21(19)11-18;/h5-6,11-12,15-17,22,25H,7-10,13-14H2,1-4H3,(H,26,28);1H/t22-;/m0./s1. The Morgan fingerprint density at radius 2 is 1.97 bits per heavy atom. The first-order chi connectivity index (χ1) is 13.8. The van der Waals surface area contributed by atoms with E-state index in [1.165, 1.54) is 12.8 Å². The number of aromatic nitrogens is 1. The molecule has 1 aliphatic heterocycles. The minimum Gasteiger partial charge on any atom is -0.379 e. The lowest BCUT2D eigenvalue weighted by atomic mass is 9.97. The number of piperidine rings is 1. The normalized spacial score (nSPS) is 16.8. The minimum absolute atomic E-state index is 0. The van der Waals surface area contributed by atoms with E-state index in [0.29, 0.717) is 35.1 Å². The molecule has 5 nitrogen and oxygen atoms in total. The van der Waals surface area contributed by atoms with E-state index in [4.69, 9.17) is 16.3 Å². The summed E-state index contributed by atoms with van der Waals surface area (Å²) >= 11 is 6.12. The molecule has 2 heterocycles. The van der Waals surface area contributed by atoms with Gasteiger partial charge in [0, 0.05) is 35.3 Å². The molecule has 3 rings (SSSR count). The number of halogens is 2. The molecule has 1 aliphatic rings. The highest BCUT2D eigenvalue weighted by Gasteiger charge is 2.22. The summed E-state index contributed by atoms with van der Waals surface area (Å²) in [6.07, 6.45) is 4.12. The van der Waals surface area contributed by atoms with Crippen molar-refractivity contribution in [2.45, 2.75) is 52.6 Å². The fraction of sp³-hybridized carbons (Fsp3) is 0.609. The second kappa shape index (κ2) is 11.4. The van der Waals surface area contributed by atoms with Crippen LogP contribution in [0.25, 0.3) is 10.9 Å². The molecule has 0 spiro atoms. The zero-order chi connectivity index (χ0) is 21.0. The highest BCUT2D eigenvalue weighted by molar-refractivity contribution is 6.35. The second-order valence-electron chi connectivity index (χ2n) is 8.83. The van der Waals surface area contributed by atoms with E-state index in [1.807, 2.05) is 18.2 Å². The number of rotatable bonds is 8. The summed E-state index contributed by atoms with van der Waals surface area (Å²) < 4.78 is 6.05. The second-order valence-corrected chi connectivity index (χ2v) is 9.24. The van der Waals surface area contributed by atoms with E-state index in [2.05, 4.69) is 42.9 Å². The van der Waals surface area contributed by atoms with E-state index in [9.17, 15) is 4.79 Å². The Balaban J connectivity index is 0.00000320. The third kappa shape index (κ3) is 6.36. The van der Waals surface area contributed by atoms with Crippen molar-refractivity contribution in [3.8, 4) is 0 Å². The van der Waals surface area contributed by atoms with Gasteiger partial charge in [-0.1, -0.05) is 31.5 Å². The summed E-state index contributed by atoms with van der Waals surface area (Å²) in [6, 6.07) is 6.16. The van der Waals surface area contributed by atoms with Crippen LogP contribution in [0.15, 0.2) is 24.4 Å². The summed E-state index contributed by atoms with van der Waals surface area (Å²) in [6.45, 7) is 12.4. The Morgan fingerprint density at radius 1 is 1.27 bits per heavy atom. The number of H-pyrrole nitrogens is 1. The van der Waals surface area contributed by atoms with Crippen LogP contribution in [0, 0.1) is 11.8 Å². The number of carbonyl (C=O) groups is 1. The van der Waals surface area contributed by atoms with Gasteiger partial charge < -0.3 is 19.9 Å². The van der Waals surface area contributed by atoms with Crippen LogP contribution in [0.1, 0.15) is 50.9 Å². The van der Waals surface area contributed by atoms with Crippen LogP contribution in [-0.2, 0) is 4.74 Å². The van der Waals surface area contributed by atoms with Gasteiger partial charge in [-0.05, 0) is 63.7 Å². The van der Waals surface area contributed by atoms with Crippen molar-refractivity contribution >= 4 is 40.8 Å². The number of fused-ring (bicyclic) bond motifs is 1. The highest BCUT2D eigenvalue weighted by atomic mass is 35.5. The number of carbonyl (C=O) groups excluding carboxylic acids is 1. The van der Waals surface area contributed by atoms with Crippen LogP contribution in [-0.4, -0.2) is 54.2 Å². The number of benzene rings is 1. The molecule has 30 heavy (non-hydrogen) atoms. The van der Waals surface area contributed by atoms with Gasteiger partial charge in [-0.15, -0.1) is 12.4 Å². The quantitative estimate of drug-likeness (QED) is 0.579. The maximum Gasteiger partial charge on any atom is 0.251 e. The smallest absolute Gasteiger partial charge is 0.251 e. The molecule has 0 saturated carbocycles. The van der Waals surface area contributed by atoms with Crippen molar-refractivity contribution in [2.24, 2.45) is 11.8 Å². The molecule has 0 bridgehead atoms. The van der Waals surface area contributed by atoms with Gasteiger partial charge in [-0.2, -0.15) is 0 Å². The first kappa shape index (κ1) is 25.0. The molecule has 1 aromatic carbocycles. The van der Waals surface area contributed by atoms with Gasteiger partial charge in [0.15, 0.2) is 0 Å². The third-order valence-electron chi connectivity index (χ3n) is 6.05. The molecule has 1 aromatic heterocycles. The van der Waals surface area contributed by atoms with Crippen LogP contribution < -0.4 is 5.32 Å². The summed E-state index contributed by atoms with van der Waals surface area (Å²) in [7, 11) is 0. The van der Waals surface area contributed by atoms with Gasteiger partial charge in [0.25, 0.3) is 5.91 Å². The van der Waals surface area contributed by atoms with Gasteiger partial charge in [0.2, 0.25) is 0 Å². The fourth-order valence-electron chi connectivity index (χ4n) is 3.88. The summed E-state index contributed by atoms with van der Waals surface area (Å²) in [5.41, 5.74) is 1.50. The SMILES string of the molecule is CC(C)[C@H](COCC1CCN(C(C)C)CC1)NC(=O)c1ccc2c(Cl)c[nH]c2c1.Cl. The largest absolute Gasteiger partial charge is 0.379 e. The molecule has 0 aliphatic carbocycles. The molecule has 2 N–H and O–H groups in total. The molecule has 1 amide bonds. The van der Waals surface area contributed by atoms with Crippen molar-refractivity contribution < 1.29 is 9.53 Å². The molecular weight excluding hydrogens is 421 g/mol. The van der Waals surface area contributed by atoms with Gasteiger partial charge in [-0.25, -0.2) is 0 Å². The number of nitrogens with one attached hydrogen (secondary N) is 2. The molecule has 1 saturated heterocycles. The molecule has 1 fully saturated rings. The molecule has 7 heteroatoms.